The van der Waals surface area contributed by atoms with Crippen molar-refractivity contribution in [1.29, 1.82) is 0 Å². The number of halogens is 2. The normalized spacial score (nSPS) is 15.7. The van der Waals surface area contributed by atoms with Gasteiger partial charge in [-0.3, -0.25) is 4.79 Å². The van der Waals surface area contributed by atoms with E-state index >= 15 is 4.79 Å². The van der Waals surface area contributed by atoms with E-state index < -0.39 is 50.1 Å². The zero-order valence-corrected chi connectivity index (χ0v) is 34.0. The fraction of sp³-hybridized carbons (Fsp3) is 0.255. The summed E-state index contributed by atoms with van der Waals surface area (Å²) in [5.41, 5.74) is 3.86. The standard InChI is InChI=1S/C47H48F2N2O6Si/c1-47(2,58(3,4)55)30-29-33(32-15-20-37(48)21-16-32)19-28-41(44(52)51-42(31-56-46(51)54)34-11-7-5-8-12-34)43(50-39-24-22-38(49)23-25-39)35-17-26-40(27-18-35)57-45(53)36-13-9-6-10-14-36/h5-27,41-43,50,55H,28-31H2,1-4H3/b33-19+/t41?,42?,43-/m1/s1. The molecule has 2 unspecified atom stereocenters. The number of amides is 2. The average molecular weight is 803 g/mol. The zero-order valence-electron chi connectivity index (χ0n) is 33.0. The summed E-state index contributed by atoms with van der Waals surface area (Å²) < 4.78 is 39.5. The summed E-state index contributed by atoms with van der Waals surface area (Å²) in [6.45, 7) is 7.87. The molecule has 1 aliphatic heterocycles. The highest BCUT2D eigenvalue weighted by Gasteiger charge is 2.44. The molecule has 3 atom stereocenters. The molecule has 300 valence electrons. The van der Waals surface area contributed by atoms with Crippen LogP contribution in [0.15, 0.2) is 140 Å². The van der Waals surface area contributed by atoms with E-state index in [1.807, 2.05) is 63.3 Å². The van der Waals surface area contributed by atoms with Gasteiger partial charge in [0.25, 0.3) is 0 Å². The van der Waals surface area contributed by atoms with E-state index in [0.717, 1.165) is 16.7 Å². The molecular weight excluding hydrogens is 755 g/mol. The number of imide groups is 1. The van der Waals surface area contributed by atoms with Crippen LogP contribution < -0.4 is 10.1 Å². The molecule has 5 aromatic rings. The molecule has 0 saturated carbocycles. The van der Waals surface area contributed by atoms with Crippen molar-refractivity contribution in [1.82, 2.24) is 4.90 Å². The van der Waals surface area contributed by atoms with Gasteiger partial charge in [0, 0.05) is 5.69 Å². The van der Waals surface area contributed by atoms with Gasteiger partial charge in [0.1, 0.15) is 30.0 Å². The zero-order chi connectivity index (χ0) is 41.5. The van der Waals surface area contributed by atoms with Crippen molar-refractivity contribution in [2.75, 3.05) is 11.9 Å². The van der Waals surface area contributed by atoms with Crippen molar-refractivity contribution in [2.24, 2.45) is 5.92 Å². The molecule has 11 heteroatoms. The lowest BCUT2D eigenvalue weighted by Gasteiger charge is -2.35. The number of carbonyl (C=O) groups is 3. The topological polar surface area (TPSA) is 105 Å². The van der Waals surface area contributed by atoms with Crippen molar-refractivity contribution < 1.29 is 37.4 Å². The Labute approximate surface area is 339 Å². The third-order valence-electron chi connectivity index (χ3n) is 11.1. The SMILES string of the molecule is CC(C)(CC/C(=C\CC(C(=O)N1C(=O)OCC1c1ccccc1)[C@H](Nc1ccc(F)cc1)c1ccc(OC(=O)c2ccccc2)cc1)c1ccc(F)cc1)[Si](C)(C)O. The average Bonchev–Trinajstić information content (AvgIpc) is 3.61. The van der Waals surface area contributed by atoms with Gasteiger partial charge in [0.15, 0.2) is 8.32 Å². The minimum atomic E-state index is -2.60. The second kappa shape index (κ2) is 18.1. The van der Waals surface area contributed by atoms with Crippen LogP contribution in [0.2, 0.25) is 18.1 Å². The first kappa shape index (κ1) is 41.7. The minimum absolute atomic E-state index is 0.0224. The van der Waals surface area contributed by atoms with Crippen LogP contribution >= 0.6 is 0 Å². The van der Waals surface area contributed by atoms with Gasteiger partial charge >= 0.3 is 12.1 Å². The van der Waals surface area contributed by atoms with Crippen LogP contribution in [0.1, 0.15) is 72.2 Å². The summed E-state index contributed by atoms with van der Waals surface area (Å²) in [5, 5.41) is 3.08. The van der Waals surface area contributed by atoms with Crippen LogP contribution in [0.4, 0.5) is 19.3 Å². The maximum absolute atomic E-state index is 15.2. The van der Waals surface area contributed by atoms with Crippen LogP contribution in [0.5, 0.6) is 5.75 Å². The maximum atomic E-state index is 15.2. The fourth-order valence-electron chi connectivity index (χ4n) is 6.82. The van der Waals surface area contributed by atoms with Gasteiger partial charge in [0.2, 0.25) is 5.91 Å². The molecule has 58 heavy (non-hydrogen) atoms. The van der Waals surface area contributed by atoms with E-state index in [-0.39, 0.29) is 29.6 Å². The molecule has 1 aliphatic rings. The van der Waals surface area contributed by atoms with Crippen molar-refractivity contribution in [2.45, 2.75) is 63.3 Å². The number of hydrogen-bond donors (Lipinski definition) is 2. The Bertz CT molecular complexity index is 2210. The first-order valence-corrected chi connectivity index (χ1v) is 22.3. The van der Waals surface area contributed by atoms with Crippen LogP contribution in [-0.2, 0) is 9.53 Å². The number of esters is 1. The summed E-state index contributed by atoms with van der Waals surface area (Å²) in [7, 11) is -2.60. The van der Waals surface area contributed by atoms with Gasteiger partial charge in [0.05, 0.1) is 17.5 Å². The van der Waals surface area contributed by atoms with Crippen LogP contribution in [0.25, 0.3) is 5.57 Å². The molecular formula is C47H48F2N2O6Si. The largest absolute Gasteiger partial charge is 0.446 e. The lowest BCUT2D eigenvalue weighted by Crippen LogP contribution is -2.42. The summed E-state index contributed by atoms with van der Waals surface area (Å²) in [4.78, 5) is 53.9. The van der Waals surface area contributed by atoms with Gasteiger partial charge in [-0.15, -0.1) is 0 Å². The molecule has 1 saturated heterocycles. The van der Waals surface area contributed by atoms with Gasteiger partial charge in [-0.05, 0) is 120 Å². The number of allylic oxidation sites excluding steroid dienone is 2. The molecule has 0 bridgehead atoms. The number of rotatable bonds is 15. The molecule has 2 N–H and O–H groups in total. The van der Waals surface area contributed by atoms with Crippen LogP contribution in [0, 0.1) is 17.6 Å². The molecule has 0 spiro atoms. The highest BCUT2D eigenvalue weighted by Crippen LogP contribution is 2.43. The smallest absolute Gasteiger partial charge is 0.417 e. The fourth-order valence-corrected chi connectivity index (χ4v) is 7.56. The predicted octanol–water partition coefficient (Wildman–Crippen LogP) is 10.9. The molecule has 0 aliphatic carbocycles. The van der Waals surface area contributed by atoms with Crippen molar-refractivity contribution >= 4 is 37.5 Å². The summed E-state index contributed by atoms with van der Waals surface area (Å²) >= 11 is 0. The molecule has 6 rings (SSSR count). The second-order valence-corrected chi connectivity index (χ2v) is 20.2. The third-order valence-corrected chi connectivity index (χ3v) is 14.7. The van der Waals surface area contributed by atoms with Gasteiger partial charge in [-0.1, -0.05) is 92.7 Å². The Morgan fingerprint density at radius 3 is 2.05 bits per heavy atom. The number of hydrogen-bond acceptors (Lipinski definition) is 7. The molecule has 0 radical (unpaired) electrons. The number of carbonyl (C=O) groups excluding carboxylic acids is 3. The summed E-state index contributed by atoms with van der Waals surface area (Å²) in [6, 6.07) is 35.0. The molecule has 1 heterocycles. The van der Waals surface area contributed by atoms with Gasteiger partial charge in [-0.25, -0.2) is 23.3 Å². The predicted molar refractivity (Wildman–Crippen MR) is 223 cm³/mol. The Hall–Kier alpha value is -5.91. The van der Waals surface area contributed by atoms with Gasteiger partial charge < -0.3 is 19.6 Å². The lowest BCUT2D eigenvalue weighted by molar-refractivity contribution is -0.134. The van der Waals surface area contributed by atoms with E-state index in [4.69, 9.17) is 9.47 Å². The lowest BCUT2D eigenvalue weighted by atomic mass is 9.86. The van der Waals surface area contributed by atoms with Crippen molar-refractivity contribution in [3.8, 4) is 5.75 Å². The molecule has 8 nitrogen and oxygen atoms in total. The highest BCUT2D eigenvalue weighted by atomic mass is 28.4. The molecule has 2 amide bonds. The number of benzene rings is 5. The van der Waals surface area contributed by atoms with E-state index in [1.54, 1.807) is 78.9 Å². The highest BCUT2D eigenvalue weighted by molar-refractivity contribution is 6.72. The van der Waals surface area contributed by atoms with Crippen LogP contribution in [-0.4, -0.2) is 42.6 Å². The number of ether oxygens (including phenoxy) is 2. The first-order chi connectivity index (χ1) is 27.7. The number of nitrogens with one attached hydrogen (secondary N) is 1. The molecule has 1 fully saturated rings. The Kier molecular flexibility index (Phi) is 13.0. The maximum Gasteiger partial charge on any atom is 0.417 e. The summed E-state index contributed by atoms with van der Waals surface area (Å²) in [6.07, 6.45) is 2.44. The molecule has 5 aromatic carbocycles. The van der Waals surface area contributed by atoms with E-state index in [9.17, 15) is 23.2 Å². The second-order valence-electron chi connectivity index (χ2n) is 15.7. The Morgan fingerprint density at radius 2 is 1.45 bits per heavy atom. The van der Waals surface area contributed by atoms with E-state index in [1.165, 1.54) is 29.2 Å². The Balaban J connectivity index is 1.44. The van der Waals surface area contributed by atoms with E-state index in [0.29, 0.717) is 29.7 Å². The van der Waals surface area contributed by atoms with Crippen molar-refractivity contribution in [3.05, 3.63) is 173 Å². The number of anilines is 1. The van der Waals surface area contributed by atoms with Gasteiger partial charge in [-0.2, -0.15) is 0 Å². The van der Waals surface area contributed by atoms with Crippen LogP contribution in [0.3, 0.4) is 0 Å². The third kappa shape index (κ3) is 10.1. The van der Waals surface area contributed by atoms with Crippen molar-refractivity contribution in [3.63, 3.8) is 0 Å². The monoisotopic (exact) mass is 802 g/mol. The first-order valence-electron chi connectivity index (χ1n) is 19.3. The minimum Gasteiger partial charge on any atom is -0.446 e. The quantitative estimate of drug-likeness (QED) is 0.0617. The number of cyclic esters (lactones) is 1. The number of nitrogens with zero attached hydrogens (tertiary/aromatic N) is 1. The molecule has 0 aromatic heterocycles. The van der Waals surface area contributed by atoms with E-state index in [2.05, 4.69) is 5.32 Å². The Morgan fingerprint density at radius 1 is 0.862 bits per heavy atom. The summed E-state index contributed by atoms with van der Waals surface area (Å²) in [5.74, 6) is -2.54.